The normalized spacial score (nSPS) is 10.8. The van der Waals surface area contributed by atoms with Crippen molar-refractivity contribution in [1.82, 2.24) is 25.6 Å². The molecule has 0 unspecified atom stereocenters. The first kappa shape index (κ1) is 8.84. The molecule has 0 atom stereocenters. The molecule has 0 spiro atoms. The number of aromatic amines is 1. The molecule has 0 aliphatic heterocycles. The lowest BCUT2D eigenvalue weighted by atomic mass is 10.3. The summed E-state index contributed by atoms with van der Waals surface area (Å²) in [6, 6.07) is 3.68. The van der Waals surface area contributed by atoms with Crippen molar-refractivity contribution < 1.29 is 4.42 Å². The summed E-state index contributed by atoms with van der Waals surface area (Å²) in [7, 11) is 0. The Morgan fingerprint density at radius 1 is 1.38 bits per heavy atom. The zero-order chi connectivity index (χ0) is 10.8. The van der Waals surface area contributed by atoms with E-state index in [0.29, 0.717) is 12.4 Å². The molecule has 0 aliphatic carbocycles. The lowest BCUT2D eigenvalue weighted by Crippen LogP contribution is -2.03. The molecule has 0 fully saturated rings. The Bertz CT molecular complexity index is 587. The number of nitrogens with one attached hydrogen (secondary N) is 2. The minimum absolute atomic E-state index is 0.466. The highest BCUT2D eigenvalue weighted by molar-refractivity contribution is 5.87. The van der Waals surface area contributed by atoms with Crippen molar-refractivity contribution in [2.45, 2.75) is 6.54 Å². The van der Waals surface area contributed by atoms with E-state index in [1.54, 1.807) is 12.5 Å². The number of tetrazole rings is 1. The second kappa shape index (κ2) is 3.61. The Morgan fingerprint density at radius 2 is 2.38 bits per heavy atom. The van der Waals surface area contributed by atoms with Crippen LogP contribution >= 0.6 is 0 Å². The van der Waals surface area contributed by atoms with Crippen LogP contribution in [0, 0.1) is 0 Å². The quantitative estimate of drug-likeness (QED) is 0.677. The molecule has 2 N–H and O–H groups in total. The fraction of sp³-hybridized carbons (Fsp3) is 0.111. The summed E-state index contributed by atoms with van der Waals surface area (Å²) < 4.78 is 5.27. The van der Waals surface area contributed by atoms with E-state index in [9.17, 15) is 0 Å². The molecule has 3 aromatic rings. The lowest BCUT2D eigenvalue weighted by molar-refractivity contribution is 0.615. The Hall–Kier alpha value is -2.44. The highest BCUT2D eigenvalue weighted by Crippen LogP contribution is 2.21. The zero-order valence-electron chi connectivity index (χ0n) is 8.21. The van der Waals surface area contributed by atoms with Gasteiger partial charge in [0, 0.05) is 6.20 Å². The number of H-pyrrole nitrogens is 1. The van der Waals surface area contributed by atoms with Gasteiger partial charge >= 0.3 is 0 Å². The first-order valence-corrected chi connectivity index (χ1v) is 4.72. The number of fused-ring (bicyclic) bond motifs is 1. The topological polar surface area (TPSA) is 92.5 Å². The minimum Gasteiger partial charge on any atom is -0.464 e. The number of anilines is 1. The molecule has 0 bridgehead atoms. The number of hydrogen-bond acceptors (Lipinski definition) is 6. The Balaban J connectivity index is 1.86. The van der Waals surface area contributed by atoms with Gasteiger partial charge in [-0.1, -0.05) is 5.21 Å². The average Bonchev–Trinajstić information content (AvgIpc) is 2.97. The minimum atomic E-state index is 0.466. The molecule has 3 aromatic heterocycles. The third-order valence-electron chi connectivity index (χ3n) is 2.18. The van der Waals surface area contributed by atoms with Gasteiger partial charge in [-0.3, -0.25) is 0 Å². The molecule has 16 heavy (non-hydrogen) atoms. The molecule has 7 heteroatoms. The summed E-state index contributed by atoms with van der Waals surface area (Å²) in [6.45, 7) is 0.466. The second-order valence-corrected chi connectivity index (χ2v) is 3.17. The molecule has 80 valence electrons. The number of pyridine rings is 1. The molecule has 0 amide bonds. The van der Waals surface area contributed by atoms with Gasteiger partial charge in [-0.15, -0.1) is 10.2 Å². The van der Waals surface area contributed by atoms with Crippen LogP contribution in [0.4, 0.5) is 5.82 Å². The van der Waals surface area contributed by atoms with Crippen molar-refractivity contribution in [2.24, 2.45) is 0 Å². The SMILES string of the molecule is c1cc2occc2c(NCc2nn[nH]n2)n1. The number of aromatic nitrogens is 5. The van der Waals surface area contributed by atoms with E-state index in [-0.39, 0.29) is 0 Å². The van der Waals surface area contributed by atoms with Crippen molar-refractivity contribution in [1.29, 1.82) is 0 Å². The summed E-state index contributed by atoms with van der Waals surface area (Å²) in [5.41, 5.74) is 0.797. The van der Waals surface area contributed by atoms with Gasteiger partial charge in [0.1, 0.15) is 11.4 Å². The van der Waals surface area contributed by atoms with Crippen LogP contribution in [-0.2, 0) is 6.54 Å². The standard InChI is InChI=1S/C9H8N6O/c1-3-10-9(6-2-4-16-7(1)6)11-5-8-12-14-15-13-8/h1-4H,5H2,(H,10,11)(H,12,13,14,15). The number of hydrogen-bond donors (Lipinski definition) is 2. The Morgan fingerprint density at radius 3 is 3.25 bits per heavy atom. The van der Waals surface area contributed by atoms with Crippen molar-refractivity contribution in [2.75, 3.05) is 5.32 Å². The van der Waals surface area contributed by atoms with Gasteiger partial charge in [0.2, 0.25) is 0 Å². The van der Waals surface area contributed by atoms with E-state index >= 15 is 0 Å². The largest absolute Gasteiger partial charge is 0.464 e. The summed E-state index contributed by atoms with van der Waals surface area (Å²) in [4.78, 5) is 4.22. The molecule has 0 saturated heterocycles. The predicted octanol–water partition coefficient (Wildman–Crippen LogP) is 0.953. The maximum atomic E-state index is 5.27. The zero-order valence-corrected chi connectivity index (χ0v) is 8.21. The van der Waals surface area contributed by atoms with Gasteiger partial charge in [0.05, 0.1) is 18.2 Å². The van der Waals surface area contributed by atoms with Crippen LogP contribution in [0.15, 0.2) is 29.0 Å². The second-order valence-electron chi connectivity index (χ2n) is 3.17. The number of rotatable bonds is 3. The van der Waals surface area contributed by atoms with Crippen LogP contribution < -0.4 is 5.32 Å². The molecule has 3 heterocycles. The van der Waals surface area contributed by atoms with Crippen molar-refractivity contribution in [3.05, 3.63) is 30.4 Å². The highest BCUT2D eigenvalue weighted by Gasteiger charge is 2.05. The van der Waals surface area contributed by atoms with E-state index in [1.807, 2.05) is 12.1 Å². The predicted molar refractivity (Wildman–Crippen MR) is 55.5 cm³/mol. The van der Waals surface area contributed by atoms with E-state index in [2.05, 4.69) is 30.9 Å². The maximum absolute atomic E-state index is 5.27. The van der Waals surface area contributed by atoms with Crippen LogP contribution in [0.5, 0.6) is 0 Å². The number of furan rings is 1. The smallest absolute Gasteiger partial charge is 0.193 e. The van der Waals surface area contributed by atoms with Crippen LogP contribution in [0.25, 0.3) is 11.0 Å². The molecular weight excluding hydrogens is 208 g/mol. The van der Waals surface area contributed by atoms with E-state index in [4.69, 9.17) is 4.42 Å². The van der Waals surface area contributed by atoms with Gasteiger partial charge in [0.25, 0.3) is 0 Å². The molecular formula is C9H8N6O. The Kier molecular flexibility index (Phi) is 1.99. The van der Waals surface area contributed by atoms with Gasteiger partial charge in [0.15, 0.2) is 5.82 Å². The fourth-order valence-electron chi connectivity index (χ4n) is 1.46. The first-order valence-electron chi connectivity index (χ1n) is 4.72. The van der Waals surface area contributed by atoms with Crippen molar-refractivity contribution in [3.8, 4) is 0 Å². The van der Waals surface area contributed by atoms with Crippen LogP contribution in [0.1, 0.15) is 5.82 Å². The average molecular weight is 216 g/mol. The lowest BCUT2D eigenvalue weighted by Gasteiger charge is -2.02. The fourth-order valence-corrected chi connectivity index (χ4v) is 1.46. The molecule has 7 nitrogen and oxygen atoms in total. The molecule has 0 saturated carbocycles. The van der Waals surface area contributed by atoms with Crippen molar-refractivity contribution in [3.63, 3.8) is 0 Å². The summed E-state index contributed by atoms with van der Waals surface area (Å²) in [5, 5.41) is 17.6. The molecule has 3 rings (SSSR count). The molecule has 0 radical (unpaired) electrons. The van der Waals surface area contributed by atoms with Crippen LogP contribution in [0.2, 0.25) is 0 Å². The number of nitrogens with zero attached hydrogens (tertiary/aromatic N) is 4. The summed E-state index contributed by atoms with van der Waals surface area (Å²) in [6.07, 6.45) is 3.32. The van der Waals surface area contributed by atoms with Gasteiger partial charge < -0.3 is 9.73 Å². The first-order chi connectivity index (χ1) is 7.93. The van der Waals surface area contributed by atoms with Gasteiger partial charge in [-0.25, -0.2) is 4.98 Å². The third kappa shape index (κ3) is 1.48. The van der Waals surface area contributed by atoms with Gasteiger partial charge in [-0.2, -0.15) is 5.21 Å². The van der Waals surface area contributed by atoms with E-state index in [0.717, 1.165) is 16.8 Å². The maximum Gasteiger partial charge on any atom is 0.193 e. The van der Waals surface area contributed by atoms with E-state index in [1.165, 1.54) is 0 Å². The Labute approximate surface area is 89.9 Å². The van der Waals surface area contributed by atoms with Gasteiger partial charge in [-0.05, 0) is 12.1 Å². The highest BCUT2D eigenvalue weighted by atomic mass is 16.3. The molecule has 0 aliphatic rings. The van der Waals surface area contributed by atoms with E-state index < -0.39 is 0 Å². The van der Waals surface area contributed by atoms with Crippen LogP contribution in [0.3, 0.4) is 0 Å². The summed E-state index contributed by atoms with van der Waals surface area (Å²) >= 11 is 0. The van der Waals surface area contributed by atoms with Crippen LogP contribution in [-0.4, -0.2) is 25.6 Å². The summed E-state index contributed by atoms with van der Waals surface area (Å²) in [5.74, 6) is 1.33. The third-order valence-corrected chi connectivity index (χ3v) is 2.18. The monoisotopic (exact) mass is 216 g/mol. The van der Waals surface area contributed by atoms with Crippen molar-refractivity contribution >= 4 is 16.8 Å². The molecule has 0 aromatic carbocycles.